The normalized spacial score (nSPS) is 11.4. The van der Waals surface area contributed by atoms with Crippen LogP contribution >= 0.6 is 34.8 Å². The van der Waals surface area contributed by atoms with Gasteiger partial charge in [0.25, 0.3) is 0 Å². The smallest absolute Gasteiger partial charge is 0.356 e. The van der Waals surface area contributed by atoms with Gasteiger partial charge in [0.2, 0.25) is 0 Å². The molecule has 0 aliphatic rings. The minimum absolute atomic E-state index is 0.0380. The van der Waals surface area contributed by atoms with Crippen LogP contribution in [0.2, 0.25) is 15.2 Å². The second kappa shape index (κ2) is 7.04. The molecule has 23 heavy (non-hydrogen) atoms. The van der Waals surface area contributed by atoms with E-state index < -0.39 is 11.7 Å². The van der Waals surface area contributed by atoms with Gasteiger partial charge in [-0.15, -0.1) is 0 Å². The van der Waals surface area contributed by atoms with Gasteiger partial charge in [-0.2, -0.15) is 5.10 Å². The SMILES string of the molecule is C/C(=N/Nc1c(Cl)c(Cl)nc(C(=O)O)c1Cl)c1ccc(O)cc1. The number of rotatable bonds is 4. The lowest BCUT2D eigenvalue weighted by molar-refractivity contribution is 0.0691. The molecule has 6 nitrogen and oxygen atoms in total. The van der Waals surface area contributed by atoms with E-state index in [0.717, 1.165) is 5.56 Å². The number of aromatic hydroxyl groups is 1. The summed E-state index contributed by atoms with van der Waals surface area (Å²) in [6.07, 6.45) is 0. The molecule has 0 saturated heterocycles. The van der Waals surface area contributed by atoms with E-state index in [1.165, 1.54) is 12.1 Å². The van der Waals surface area contributed by atoms with E-state index in [2.05, 4.69) is 15.5 Å². The average molecular weight is 375 g/mol. The molecule has 1 aromatic carbocycles. The fourth-order valence-corrected chi connectivity index (χ4v) is 2.33. The van der Waals surface area contributed by atoms with Gasteiger partial charge in [0.15, 0.2) is 10.8 Å². The molecule has 120 valence electrons. The number of hydrazone groups is 1. The van der Waals surface area contributed by atoms with Gasteiger partial charge >= 0.3 is 5.97 Å². The molecule has 1 aromatic heterocycles. The topological polar surface area (TPSA) is 94.8 Å². The fraction of sp³-hybridized carbons (Fsp3) is 0.0714. The van der Waals surface area contributed by atoms with Crippen LogP contribution in [0, 0.1) is 0 Å². The number of phenols is 1. The molecule has 0 radical (unpaired) electrons. The second-order valence-corrected chi connectivity index (χ2v) is 5.53. The summed E-state index contributed by atoms with van der Waals surface area (Å²) in [5.41, 5.74) is 3.51. The molecule has 0 atom stereocenters. The molecule has 0 amide bonds. The molecule has 0 aliphatic carbocycles. The van der Waals surface area contributed by atoms with E-state index in [-0.39, 0.29) is 26.6 Å². The molecular formula is C14H10Cl3N3O3. The van der Waals surface area contributed by atoms with Gasteiger partial charge in [0.1, 0.15) is 15.8 Å². The minimum atomic E-state index is -1.34. The summed E-state index contributed by atoms with van der Waals surface area (Å²) in [6, 6.07) is 6.36. The van der Waals surface area contributed by atoms with Crippen LogP contribution in [0.1, 0.15) is 23.0 Å². The largest absolute Gasteiger partial charge is 0.508 e. The quantitative estimate of drug-likeness (QED) is 0.422. The molecule has 2 rings (SSSR count). The number of carboxylic acids is 1. The number of hydrogen-bond acceptors (Lipinski definition) is 5. The van der Waals surface area contributed by atoms with Crippen molar-refractivity contribution in [2.75, 3.05) is 5.43 Å². The number of hydrogen-bond donors (Lipinski definition) is 3. The van der Waals surface area contributed by atoms with Gasteiger partial charge in [-0.05, 0) is 36.8 Å². The maximum absolute atomic E-state index is 11.1. The lowest BCUT2D eigenvalue weighted by atomic mass is 10.1. The van der Waals surface area contributed by atoms with Crippen LogP contribution in [0.5, 0.6) is 5.75 Å². The summed E-state index contributed by atoms with van der Waals surface area (Å²) >= 11 is 17.8. The van der Waals surface area contributed by atoms with Crippen LogP contribution in [0.4, 0.5) is 5.69 Å². The fourth-order valence-electron chi connectivity index (χ4n) is 1.66. The third kappa shape index (κ3) is 3.85. The van der Waals surface area contributed by atoms with Gasteiger partial charge in [0, 0.05) is 0 Å². The predicted molar refractivity (Wildman–Crippen MR) is 90.2 cm³/mol. The van der Waals surface area contributed by atoms with E-state index in [0.29, 0.717) is 5.71 Å². The molecule has 0 unspecified atom stereocenters. The number of carbonyl (C=O) groups is 1. The number of aromatic nitrogens is 1. The van der Waals surface area contributed by atoms with Crippen molar-refractivity contribution in [1.29, 1.82) is 0 Å². The van der Waals surface area contributed by atoms with Crippen molar-refractivity contribution in [3.8, 4) is 5.75 Å². The van der Waals surface area contributed by atoms with Crippen molar-refractivity contribution >= 4 is 52.2 Å². The van der Waals surface area contributed by atoms with Crippen molar-refractivity contribution in [1.82, 2.24) is 4.98 Å². The van der Waals surface area contributed by atoms with Crippen LogP contribution in [0.3, 0.4) is 0 Å². The first-order valence-electron chi connectivity index (χ1n) is 6.18. The number of nitrogens with one attached hydrogen (secondary N) is 1. The summed E-state index contributed by atoms with van der Waals surface area (Å²) in [5, 5.41) is 22.0. The maximum atomic E-state index is 11.1. The number of aromatic carboxylic acids is 1. The van der Waals surface area contributed by atoms with Crippen LogP contribution in [-0.2, 0) is 0 Å². The molecule has 2 aromatic rings. The third-order valence-electron chi connectivity index (χ3n) is 2.86. The Morgan fingerprint density at radius 2 is 1.78 bits per heavy atom. The first-order valence-corrected chi connectivity index (χ1v) is 7.32. The Bertz CT molecular complexity index is 792. The zero-order valence-electron chi connectivity index (χ0n) is 11.6. The highest BCUT2D eigenvalue weighted by Crippen LogP contribution is 2.36. The molecule has 0 saturated carbocycles. The van der Waals surface area contributed by atoms with Gasteiger partial charge < -0.3 is 10.2 Å². The number of carboxylic acid groups (broad SMARTS) is 1. The Morgan fingerprint density at radius 1 is 1.17 bits per heavy atom. The minimum Gasteiger partial charge on any atom is -0.508 e. The first kappa shape index (κ1) is 17.3. The lowest BCUT2D eigenvalue weighted by Gasteiger charge is -2.10. The maximum Gasteiger partial charge on any atom is 0.356 e. The van der Waals surface area contributed by atoms with Gasteiger partial charge in [-0.3, -0.25) is 5.43 Å². The van der Waals surface area contributed by atoms with Crippen LogP contribution < -0.4 is 5.43 Å². The van der Waals surface area contributed by atoms with Crippen LogP contribution in [0.25, 0.3) is 0 Å². The zero-order chi connectivity index (χ0) is 17.1. The molecule has 0 bridgehead atoms. The molecule has 0 spiro atoms. The number of pyridine rings is 1. The predicted octanol–water partition coefficient (Wildman–Crippen LogP) is 4.28. The standard InChI is InChI=1S/C14H10Cl3N3O3/c1-6(7-2-4-8(21)5-3-7)19-20-11-9(15)12(14(22)23)18-13(17)10(11)16/h2-5,21H,1H3,(H,18,20)(H,22,23)/b19-6-. The van der Waals surface area contributed by atoms with E-state index in [1.807, 2.05) is 0 Å². The molecule has 0 aliphatic heterocycles. The molecule has 9 heteroatoms. The number of anilines is 1. The van der Waals surface area contributed by atoms with Gasteiger partial charge in [-0.1, -0.05) is 34.8 Å². The van der Waals surface area contributed by atoms with Crippen molar-refractivity contribution in [3.63, 3.8) is 0 Å². The monoisotopic (exact) mass is 373 g/mol. The Hall–Kier alpha value is -2.02. The first-order chi connectivity index (χ1) is 10.8. The summed E-state index contributed by atoms with van der Waals surface area (Å²) in [5.74, 6) is -1.21. The van der Waals surface area contributed by atoms with Crippen molar-refractivity contribution < 1.29 is 15.0 Å². The van der Waals surface area contributed by atoms with Crippen molar-refractivity contribution in [3.05, 3.63) is 50.7 Å². The van der Waals surface area contributed by atoms with Crippen molar-refractivity contribution in [2.45, 2.75) is 6.92 Å². The highest BCUT2D eigenvalue weighted by molar-refractivity contribution is 6.46. The average Bonchev–Trinajstić information content (AvgIpc) is 2.51. The summed E-state index contributed by atoms with van der Waals surface area (Å²) in [4.78, 5) is 14.7. The molecular weight excluding hydrogens is 365 g/mol. The Balaban J connectivity index is 2.38. The highest BCUT2D eigenvalue weighted by Gasteiger charge is 2.20. The van der Waals surface area contributed by atoms with E-state index in [9.17, 15) is 9.90 Å². The van der Waals surface area contributed by atoms with E-state index in [1.54, 1.807) is 19.1 Å². The number of benzene rings is 1. The number of halogens is 3. The second-order valence-electron chi connectivity index (χ2n) is 4.42. The Morgan fingerprint density at radius 3 is 2.35 bits per heavy atom. The van der Waals surface area contributed by atoms with E-state index in [4.69, 9.17) is 39.9 Å². The summed E-state index contributed by atoms with van der Waals surface area (Å²) in [6.45, 7) is 1.71. The zero-order valence-corrected chi connectivity index (χ0v) is 13.9. The van der Waals surface area contributed by atoms with Gasteiger partial charge in [-0.25, -0.2) is 9.78 Å². The Labute approximate surface area is 146 Å². The van der Waals surface area contributed by atoms with E-state index >= 15 is 0 Å². The number of phenolic OH excluding ortho intramolecular Hbond substituents is 1. The highest BCUT2D eigenvalue weighted by atomic mass is 35.5. The summed E-state index contributed by atoms with van der Waals surface area (Å²) in [7, 11) is 0. The molecule has 1 heterocycles. The van der Waals surface area contributed by atoms with Gasteiger partial charge in [0.05, 0.1) is 11.4 Å². The lowest BCUT2D eigenvalue weighted by Crippen LogP contribution is -2.06. The molecule has 0 fully saturated rings. The van der Waals surface area contributed by atoms with Crippen LogP contribution in [0.15, 0.2) is 29.4 Å². The third-order valence-corrected chi connectivity index (χ3v) is 3.97. The molecule has 3 N–H and O–H groups in total. The summed E-state index contributed by atoms with van der Waals surface area (Å²) < 4.78 is 0. The Kier molecular flexibility index (Phi) is 5.30. The number of nitrogens with zero attached hydrogens (tertiary/aromatic N) is 2. The van der Waals surface area contributed by atoms with Crippen molar-refractivity contribution in [2.24, 2.45) is 5.10 Å². The van der Waals surface area contributed by atoms with Crippen LogP contribution in [-0.4, -0.2) is 26.9 Å².